The number of amides is 2. The number of esters is 1. The predicted octanol–water partition coefficient (Wildman–Crippen LogP) is 6.00. The molecule has 196 valence electrons. The number of nitrogens with one attached hydrogen (secondary N) is 2. The van der Waals surface area contributed by atoms with Crippen LogP contribution in [0.1, 0.15) is 42.2 Å². The molecule has 39 heavy (non-hydrogen) atoms. The molecule has 4 aromatic rings. The number of methoxy groups -OCH3 is 1. The van der Waals surface area contributed by atoms with E-state index in [4.69, 9.17) is 9.47 Å². The van der Waals surface area contributed by atoms with E-state index in [9.17, 15) is 14.4 Å². The lowest BCUT2D eigenvalue weighted by atomic mass is 10.1. The molecule has 0 aliphatic carbocycles. The van der Waals surface area contributed by atoms with Crippen LogP contribution >= 0.6 is 15.9 Å². The summed E-state index contributed by atoms with van der Waals surface area (Å²) in [6, 6.07) is 25.4. The van der Waals surface area contributed by atoms with E-state index in [1.807, 2.05) is 19.1 Å². The molecule has 8 nitrogen and oxygen atoms in total. The number of benzene rings is 4. The molecule has 4 aromatic carbocycles. The van der Waals surface area contributed by atoms with Crippen molar-refractivity contribution in [1.29, 1.82) is 0 Å². The maximum absolute atomic E-state index is 12.6. The molecule has 0 unspecified atom stereocenters. The number of carbonyl (C=O) groups is 3. The molecule has 0 saturated carbocycles. The van der Waals surface area contributed by atoms with Gasteiger partial charge in [0, 0.05) is 21.3 Å². The van der Waals surface area contributed by atoms with Crippen molar-refractivity contribution in [2.45, 2.75) is 6.92 Å². The van der Waals surface area contributed by atoms with Gasteiger partial charge in [-0.1, -0.05) is 39.7 Å². The lowest BCUT2D eigenvalue weighted by molar-refractivity contribution is 0.0729. The Morgan fingerprint density at radius 2 is 1.51 bits per heavy atom. The zero-order valence-corrected chi connectivity index (χ0v) is 22.7. The summed E-state index contributed by atoms with van der Waals surface area (Å²) in [4.78, 5) is 37.5. The van der Waals surface area contributed by atoms with E-state index in [-0.39, 0.29) is 11.7 Å². The Balaban J connectivity index is 1.37. The Hall–Kier alpha value is -4.76. The Labute approximate surface area is 233 Å². The average Bonchev–Trinajstić information content (AvgIpc) is 2.94. The highest BCUT2D eigenvalue weighted by Gasteiger charge is 2.13. The van der Waals surface area contributed by atoms with Crippen LogP contribution in [0.5, 0.6) is 11.5 Å². The molecule has 0 aromatic heterocycles. The summed E-state index contributed by atoms with van der Waals surface area (Å²) in [6.45, 7) is 1.93. The molecule has 4 rings (SSSR count). The summed E-state index contributed by atoms with van der Waals surface area (Å²) in [5.41, 5.74) is 5.81. The van der Waals surface area contributed by atoms with E-state index in [1.54, 1.807) is 78.9 Å². The molecule has 0 atom stereocenters. The quantitative estimate of drug-likeness (QED) is 0.114. The Bertz CT molecular complexity index is 1530. The molecule has 0 radical (unpaired) electrons. The molecule has 0 aliphatic rings. The van der Waals surface area contributed by atoms with Crippen LogP contribution in [0.25, 0.3) is 0 Å². The van der Waals surface area contributed by atoms with E-state index in [0.717, 1.165) is 10.0 Å². The summed E-state index contributed by atoms with van der Waals surface area (Å²) >= 11 is 3.34. The molecule has 0 fully saturated rings. The molecule has 2 amide bonds. The number of hydrogen-bond donors (Lipinski definition) is 2. The van der Waals surface area contributed by atoms with E-state index in [1.165, 1.54) is 13.3 Å². The van der Waals surface area contributed by atoms with Gasteiger partial charge in [0.15, 0.2) is 11.5 Å². The van der Waals surface area contributed by atoms with Crippen molar-refractivity contribution in [3.05, 3.63) is 123 Å². The molecule has 2 N–H and O–H groups in total. The molecule has 0 spiro atoms. The van der Waals surface area contributed by atoms with Gasteiger partial charge in [-0.25, -0.2) is 10.2 Å². The Kier molecular flexibility index (Phi) is 8.86. The molecule has 0 aliphatic heterocycles. The summed E-state index contributed by atoms with van der Waals surface area (Å²) in [7, 11) is 1.46. The van der Waals surface area contributed by atoms with Gasteiger partial charge < -0.3 is 14.8 Å². The fraction of sp³-hybridized carbons (Fsp3) is 0.0667. The topological polar surface area (TPSA) is 106 Å². The van der Waals surface area contributed by atoms with Crippen molar-refractivity contribution in [2.24, 2.45) is 5.10 Å². The van der Waals surface area contributed by atoms with Gasteiger partial charge in [-0.05, 0) is 85.3 Å². The second-order valence-corrected chi connectivity index (χ2v) is 9.32. The minimum absolute atomic E-state index is 0.256. The maximum atomic E-state index is 12.6. The van der Waals surface area contributed by atoms with Crippen LogP contribution in [0.2, 0.25) is 0 Å². The average molecular weight is 586 g/mol. The molecule has 0 bridgehead atoms. The smallest absolute Gasteiger partial charge is 0.343 e. The minimum atomic E-state index is -0.503. The van der Waals surface area contributed by atoms with Crippen molar-refractivity contribution >= 4 is 45.6 Å². The van der Waals surface area contributed by atoms with Crippen molar-refractivity contribution in [3.63, 3.8) is 0 Å². The molecule has 0 heterocycles. The number of rotatable bonds is 8. The highest BCUT2D eigenvalue weighted by molar-refractivity contribution is 9.10. The monoisotopic (exact) mass is 585 g/mol. The second kappa shape index (κ2) is 12.7. The van der Waals surface area contributed by atoms with Crippen LogP contribution in [0.15, 0.2) is 101 Å². The van der Waals surface area contributed by atoms with Crippen LogP contribution in [-0.2, 0) is 0 Å². The lowest BCUT2D eigenvalue weighted by Gasteiger charge is -2.10. The van der Waals surface area contributed by atoms with E-state index in [0.29, 0.717) is 33.7 Å². The lowest BCUT2D eigenvalue weighted by Crippen LogP contribution is -2.18. The fourth-order valence-electron chi connectivity index (χ4n) is 3.47. The molecule has 9 heteroatoms. The van der Waals surface area contributed by atoms with Crippen LogP contribution in [0.4, 0.5) is 5.69 Å². The second-order valence-electron chi connectivity index (χ2n) is 8.41. The SMILES string of the molecule is COc1cc(C=NNC(=O)c2cccc(NC(=O)c3ccc(Br)cc3)c2)ccc1OC(=O)c1ccc(C)cc1. The highest BCUT2D eigenvalue weighted by atomic mass is 79.9. The van der Waals surface area contributed by atoms with Crippen molar-refractivity contribution < 1.29 is 23.9 Å². The van der Waals surface area contributed by atoms with Gasteiger partial charge >= 0.3 is 5.97 Å². The highest BCUT2D eigenvalue weighted by Crippen LogP contribution is 2.28. The summed E-state index contributed by atoms with van der Waals surface area (Å²) < 4.78 is 11.7. The van der Waals surface area contributed by atoms with Gasteiger partial charge in [-0.3, -0.25) is 9.59 Å². The zero-order chi connectivity index (χ0) is 27.8. The summed E-state index contributed by atoms with van der Waals surface area (Å²) in [5.74, 6) is -0.662. The third kappa shape index (κ3) is 7.39. The zero-order valence-electron chi connectivity index (χ0n) is 21.1. The van der Waals surface area contributed by atoms with Crippen LogP contribution < -0.4 is 20.2 Å². The first-order valence-corrected chi connectivity index (χ1v) is 12.6. The van der Waals surface area contributed by atoms with Crippen LogP contribution in [0.3, 0.4) is 0 Å². The Morgan fingerprint density at radius 3 is 2.23 bits per heavy atom. The molecular weight excluding hydrogens is 562 g/mol. The number of hydrogen-bond acceptors (Lipinski definition) is 6. The fourth-order valence-corrected chi connectivity index (χ4v) is 3.73. The molecular formula is C30H24BrN3O5. The molecule has 0 saturated heterocycles. The Morgan fingerprint density at radius 1 is 0.795 bits per heavy atom. The number of halogens is 1. The first kappa shape index (κ1) is 27.3. The van der Waals surface area contributed by atoms with Gasteiger partial charge in [0.1, 0.15) is 0 Å². The van der Waals surface area contributed by atoms with E-state index in [2.05, 4.69) is 31.8 Å². The van der Waals surface area contributed by atoms with E-state index >= 15 is 0 Å². The van der Waals surface area contributed by atoms with Gasteiger partial charge in [-0.2, -0.15) is 5.10 Å². The number of nitrogens with zero attached hydrogens (tertiary/aromatic N) is 1. The number of aryl methyl sites for hydroxylation is 1. The van der Waals surface area contributed by atoms with Crippen LogP contribution in [0, 0.1) is 6.92 Å². The first-order valence-electron chi connectivity index (χ1n) is 11.8. The van der Waals surface area contributed by atoms with Crippen LogP contribution in [-0.4, -0.2) is 31.1 Å². The minimum Gasteiger partial charge on any atom is -0.493 e. The third-order valence-electron chi connectivity index (χ3n) is 5.55. The van der Waals surface area contributed by atoms with Gasteiger partial charge in [0.05, 0.1) is 18.9 Å². The van der Waals surface area contributed by atoms with Crippen molar-refractivity contribution in [2.75, 3.05) is 12.4 Å². The normalized spacial score (nSPS) is 10.6. The first-order chi connectivity index (χ1) is 18.8. The summed E-state index contributed by atoms with van der Waals surface area (Å²) in [5, 5.41) is 6.78. The van der Waals surface area contributed by atoms with Gasteiger partial charge in [0.2, 0.25) is 0 Å². The maximum Gasteiger partial charge on any atom is 0.343 e. The number of carbonyl (C=O) groups excluding carboxylic acids is 3. The van der Waals surface area contributed by atoms with E-state index < -0.39 is 11.9 Å². The largest absolute Gasteiger partial charge is 0.493 e. The van der Waals surface area contributed by atoms with Gasteiger partial charge in [-0.15, -0.1) is 0 Å². The standard InChI is InChI=1S/C30H24BrN3O5/c1-19-6-9-22(10-7-19)30(37)39-26-15-8-20(16-27(26)38-2)18-32-34-29(36)23-4-3-5-25(17-23)33-28(35)21-11-13-24(31)14-12-21/h3-18H,1-2H3,(H,33,35)(H,34,36). The third-order valence-corrected chi connectivity index (χ3v) is 6.08. The van der Waals surface area contributed by atoms with Gasteiger partial charge in [0.25, 0.3) is 11.8 Å². The number of anilines is 1. The number of hydrazone groups is 1. The van der Waals surface area contributed by atoms with Crippen molar-refractivity contribution in [3.8, 4) is 11.5 Å². The summed E-state index contributed by atoms with van der Waals surface area (Å²) in [6.07, 6.45) is 1.44. The number of ether oxygens (including phenoxy) is 2. The van der Waals surface area contributed by atoms with Crippen molar-refractivity contribution in [1.82, 2.24) is 5.43 Å². The predicted molar refractivity (Wildman–Crippen MR) is 153 cm³/mol.